The molecule has 6 nitrogen and oxygen atoms in total. The monoisotopic (exact) mass is 442 g/mol. The molecule has 7 heteroatoms. The van der Waals surface area contributed by atoms with Gasteiger partial charge in [-0.1, -0.05) is 29.8 Å². The highest BCUT2D eigenvalue weighted by Gasteiger charge is 2.65. The number of rotatable bonds is 5. The van der Waals surface area contributed by atoms with Crippen LogP contribution in [0.4, 0.5) is 0 Å². The summed E-state index contributed by atoms with van der Waals surface area (Å²) in [5.41, 5.74) is 1.50. The molecule has 2 aromatic carbocycles. The fraction of sp³-hybridized carbons (Fsp3) is 0.458. The van der Waals surface area contributed by atoms with E-state index in [1.165, 1.54) is 7.11 Å². The number of halogens is 1. The van der Waals surface area contributed by atoms with E-state index in [0.29, 0.717) is 17.3 Å². The average Bonchev–Trinajstić information content (AvgIpc) is 3.40. The molecule has 0 aromatic heterocycles. The highest BCUT2D eigenvalue weighted by atomic mass is 35.5. The summed E-state index contributed by atoms with van der Waals surface area (Å²) in [5, 5.41) is 10.6. The zero-order chi connectivity index (χ0) is 21.8. The maximum Gasteiger partial charge on any atom is 0.243 e. The van der Waals surface area contributed by atoms with Crippen LogP contribution in [0.25, 0.3) is 0 Å². The predicted octanol–water partition coefficient (Wildman–Crippen LogP) is 4.00. The SMILES string of the molecule is COc1cc([C@@H]2C[C@H]3CN(Cc4ccccc4OC)C(=O)[C@]34CCCN24)c(Cl)cc1O. The van der Waals surface area contributed by atoms with Crippen molar-refractivity contribution in [1.82, 2.24) is 9.80 Å². The topological polar surface area (TPSA) is 62.2 Å². The lowest BCUT2D eigenvalue weighted by atomic mass is 9.85. The van der Waals surface area contributed by atoms with Gasteiger partial charge >= 0.3 is 0 Å². The summed E-state index contributed by atoms with van der Waals surface area (Å²) in [7, 11) is 3.20. The van der Waals surface area contributed by atoms with Crippen molar-refractivity contribution in [3.05, 3.63) is 52.5 Å². The van der Waals surface area contributed by atoms with Crippen LogP contribution in [0.1, 0.15) is 36.4 Å². The summed E-state index contributed by atoms with van der Waals surface area (Å²) in [4.78, 5) is 18.1. The molecule has 2 aromatic rings. The Kier molecular flexibility index (Phi) is 5.02. The molecule has 31 heavy (non-hydrogen) atoms. The van der Waals surface area contributed by atoms with Crippen molar-refractivity contribution in [2.75, 3.05) is 27.3 Å². The lowest BCUT2D eigenvalue weighted by molar-refractivity contribution is -0.137. The molecular formula is C24H27ClN2O4. The zero-order valence-corrected chi connectivity index (χ0v) is 18.6. The Labute approximate surface area is 187 Å². The second-order valence-corrected chi connectivity index (χ2v) is 9.12. The molecule has 3 aliphatic rings. The molecule has 164 valence electrons. The number of methoxy groups -OCH3 is 2. The van der Waals surface area contributed by atoms with Crippen molar-refractivity contribution >= 4 is 17.5 Å². The van der Waals surface area contributed by atoms with Gasteiger partial charge in [0.05, 0.1) is 14.2 Å². The smallest absolute Gasteiger partial charge is 0.243 e. The van der Waals surface area contributed by atoms with Crippen molar-refractivity contribution in [3.63, 3.8) is 0 Å². The van der Waals surface area contributed by atoms with Gasteiger partial charge in [0.15, 0.2) is 11.5 Å². The Morgan fingerprint density at radius 1 is 1.19 bits per heavy atom. The van der Waals surface area contributed by atoms with Gasteiger partial charge in [-0.3, -0.25) is 9.69 Å². The summed E-state index contributed by atoms with van der Waals surface area (Å²) >= 11 is 6.54. The third kappa shape index (κ3) is 2.99. The third-order valence-corrected chi connectivity index (χ3v) is 7.67. The fourth-order valence-corrected chi connectivity index (χ4v) is 6.31. The number of carbonyl (C=O) groups excluding carboxylic acids is 1. The van der Waals surface area contributed by atoms with E-state index < -0.39 is 5.54 Å². The number of benzene rings is 2. The van der Waals surface area contributed by atoms with Crippen LogP contribution in [0.15, 0.2) is 36.4 Å². The number of nitrogens with zero attached hydrogens (tertiary/aromatic N) is 2. The highest BCUT2D eigenvalue weighted by Crippen LogP contribution is 2.57. The maximum atomic E-state index is 13.8. The van der Waals surface area contributed by atoms with Gasteiger partial charge < -0.3 is 19.5 Å². The number of para-hydroxylation sites is 1. The number of ether oxygens (including phenoxy) is 2. The zero-order valence-electron chi connectivity index (χ0n) is 17.8. The quantitative estimate of drug-likeness (QED) is 0.758. The van der Waals surface area contributed by atoms with Crippen LogP contribution in [-0.2, 0) is 11.3 Å². The number of hydrogen-bond acceptors (Lipinski definition) is 5. The summed E-state index contributed by atoms with van der Waals surface area (Å²) in [5.74, 6) is 1.72. The van der Waals surface area contributed by atoms with Crippen LogP contribution >= 0.6 is 11.6 Å². The summed E-state index contributed by atoms with van der Waals surface area (Å²) in [6.45, 7) is 2.17. The number of aromatic hydroxyl groups is 1. The summed E-state index contributed by atoms with van der Waals surface area (Å²) in [6.07, 6.45) is 2.73. The van der Waals surface area contributed by atoms with Gasteiger partial charge in [0.1, 0.15) is 11.3 Å². The minimum Gasteiger partial charge on any atom is -0.504 e. The fourth-order valence-electron chi connectivity index (χ4n) is 6.03. The van der Waals surface area contributed by atoms with Crippen molar-refractivity contribution in [2.45, 2.75) is 37.4 Å². The van der Waals surface area contributed by atoms with Crippen LogP contribution in [-0.4, -0.2) is 53.7 Å². The minimum absolute atomic E-state index is 0.0321. The highest BCUT2D eigenvalue weighted by molar-refractivity contribution is 6.31. The van der Waals surface area contributed by atoms with E-state index >= 15 is 0 Å². The largest absolute Gasteiger partial charge is 0.504 e. The first kappa shape index (κ1) is 20.5. The van der Waals surface area contributed by atoms with Crippen LogP contribution in [0.3, 0.4) is 0 Å². The Bertz CT molecular complexity index is 1030. The van der Waals surface area contributed by atoms with Crippen molar-refractivity contribution in [3.8, 4) is 17.2 Å². The minimum atomic E-state index is -0.457. The maximum absolute atomic E-state index is 13.8. The van der Waals surface area contributed by atoms with Crippen LogP contribution < -0.4 is 9.47 Å². The van der Waals surface area contributed by atoms with Crippen molar-refractivity contribution < 1.29 is 19.4 Å². The first-order valence-electron chi connectivity index (χ1n) is 10.7. The predicted molar refractivity (Wildman–Crippen MR) is 118 cm³/mol. The molecule has 1 N–H and O–H groups in total. The number of hydrogen-bond donors (Lipinski definition) is 1. The molecular weight excluding hydrogens is 416 g/mol. The van der Waals surface area contributed by atoms with Crippen LogP contribution in [0.2, 0.25) is 5.02 Å². The standard InChI is InChI=1S/C24H27ClN2O4/c1-30-21-7-4-3-6-15(21)13-26-14-16-10-19(27-9-5-8-24(16,27)23(26)29)17-11-22(31-2)20(28)12-18(17)25/h3-4,6-7,11-12,16,19,28H,5,8-10,13-14H2,1-2H3/t16-,19-,24-/m0/s1. The molecule has 3 aliphatic heterocycles. The van der Waals surface area contributed by atoms with Gasteiger partial charge in [-0.2, -0.15) is 0 Å². The summed E-state index contributed by atoms with van der Waals surface area (Å²) in [6, 6.07) is 11.3. The van der Waals surface area contributed by atoms with Crippen molar-refractivity contribution in [2.24, 2.45) is 5.92 Å². The van der Waals surface area contributed by atoms with E-state index in [9.17, 15) is 9.90 Å². The van der Waals surface area contributed by atoms with Gasteiger partial charge in [-0.25, -0.2) is 0 Å². The second-order valence-electron chi connectivity index (χ2n) is 8.71. The van der Waals surface area contributed by atoms with Gasteiger partial charge in [0.2, 0.25) is 5.91 Å². The number of phenols is 1. The van der Waals surface area contributed by atoms with E-state index in [4.69, 9.17) is 21.1 Å². The molecule has 5 rings (SSSR count). The van der Waals surface area contributed by atoms with Crippen LogP contribution in [0.5, 0.6) is 17.2 Å². The summed E-state index contributed by atoms with van der Waals surface area (Å²) < 4.78 is 10.8. The Morgan fingerprint density at radius 3 is 2.74 bits per heavy atom. The molecule has 0 aliphatic carbocycles. The number of phenolic OH excluding ortho intramolecular Hbond substituents is 1. The molecule has 3 heterocycles. The Balaban J connectivity index is 1.45. The van der Waals surface area contributed by atoms with Crippen LogP contribution in [0, 0.1) is 5.92 Å². The lowest BCUT2D eigenvalue weighted by Crippen LogP contribution is -2.49. The molecule has 0 radical (unpaired) electrons. The van der Waals surface area contributed by atoms with Gasteiger partial charge in [0.25, 0.3) is 0 Å². The van der Waals surface area contributed by atoms with E-state index in [1.54, 1.807) is 13.2 Å². The lowest BCUT2D eigenvalue weighted by Gasteiger charge is -2.34. The molecule has 0 bridgehead atoms. The van der Waals surface area contributed by atoms with Crippen molar-refractivity contribution in [1.29, 1.82) is 0 Å². The van der Waals surface area contributed by atoms with E-state index in [2.05, 4.69) is 4.90 Å². The molecule has 0 saturated carbocycles. The molecule has 1 spiro atoms. The van der Waals surface area contributed by atoms with Gasteiger partial charge in [-0.15, -0.1) is 0 Å². The normalized spacial score (nSPS) is 27.5. The molecule has 3 fully saturated rings. The average molecular weight is 443 g/mol. The number of amides is 1. The molecule has 3 atom stereocenters. The Hall–Kier alpha value is -2.44. The first-order chi connectivity index (χ1) is 15.0. The molecule has 1 amide bonds. The Morgan fingerprint density at radius 2 is 1.97 bits per heavy atom. The second kappa shape index (κ2) is 7.61. The number of likely N-dealkylation sites (tertiary alicyclic amines) is 1. The van der Waals surface area contributed by atoms with Gasteiger partial charge in [-0.05, 0) is 43.5 Å². The van der Waals surface area contributed by atoms with E-state index in [1.807, 2.05) is 35.2 Å². The third-order valence-electron chi connectivity index (χ3n) is 7.34. The molecule has 3 saturated heterocycles. The van der Waals surface area contributed by atoms with E-state index in [0.717, 1.165) is 49.2 Å². The van der Waals surface area contributed by atoms with Gasteiger partial charge in [0, 0.05) is 41.7 Å². The first-order valence-corrected chi connectivity index (χ1v) is 11.1. The number of carbonyl (C=O) groups is 1. The molecule has 0 unspecified atom stereocenters. The van der Waals surface area contributed by atoms with E-state index in [-0.39, 0.29) is 23.6 Å².